The number of anilines is 2. The molecule has 9 nitrogen and oxygen atoms in total. The van der Waals surface area contributed by atoms with Gasteiger partial charge in [-0.05, 0) is 38.1 Å². The van der Waals surface area contributed by atoms with E-state index in [0.29, 0.717) is 22.4 Å². The Morgan fingerprint density at radius 3 is 2.33 bits per heavy atom. The summed E-state index contributed by atoms with van der Waals surface area (Å²) in [4.78, 5) is 30.4. The minimum atomic E-state index is -0.420. The van der Waals surface area contributed by atoms with Crippen LogP contribution in [0.15, 0.2) is 36.4 Å². The lowest BCUT2D eigenvalue weighted by molar-refractivity contribution is -0.117. The first kappa shape index (κ1) is 25.4. The van der Waals surface area contributed by atoms with Gasteiger partial charge in [-0.2, -0.15) is 0 Å². The van der Waals surface area contributed by atoms with Crippen LogP contribution in [-0.4, -0.2) is 74.9 Å². The van der Waals surface area contributed by atoms with Gasteiger partial charge in [-0.3, -0.25) is 9.69 Å². The molecule has 1 aliphatic heterocycles. The highest BCUT2D eigenvalue weighted by molar-refractivity contribution is 6.14. The van der Waals surface area contributed by atoms with Crippen LogP contribution in [0, 0.1) is 6.92 Å². The van der Waals surface area contributed by atoms with E-state index in [2.05, 4.69) is 21.2 Å². The first-order chi connectivity index (χ1) is 17.4. The Morgan fingerprint density at radius 1 is 0.972 bits per heavy atom. The largest absolute Gasteiger partial charge is 0.495 e. The van der Waals surface area contributed by atoms with Crippen molar-refractivity contribution in [2.24, 2.45) is 7.05 Å². The molecule has 0 radical (unpaired) electrons. The zero-order valence-electron chi connectivity index (χ0n) is 21.6. The fourth-order valence-electron chi connectivity index (χ4n) is 4.80. The fourth-order valence-corrected chi connectivity index (χ4v) is 4.80. The van der Waals surface area contributed by atoms with Gasteiger partial charge in [-0.25, -0.2) is 4.79 Å². The van der Waals surface area contributed by atoms with Crippen LogP contribution in [-0.2, 0) is 16.6 Å². The average Bonchev–Trinajstić information content (AvgIpc) is 3.15. The Hall–Kier alpha value is -3.72. The Balaban J connectivity index is 1.52. The summed E-state index contributed by atoms with van der Waals surface area (Å²) in [7, 11) is 5.11. The molecule has 0 aliphatic carbocycles. The van der Waals surface area contributed by atoms with Gasteiger partial charge in [0.15, 0.2) is 0 Å². The number of ether oxygens (including phenoxy) is 3. The summed E-state index contributed by atoms with van der Waals surface area (Å²) in [5.74, 6) is 0.757. The number of nitrogens with zero attached hydrogens (tertiary/aromatic N) is 3. The molecule has 1 aliphatic rings. The van der Waals surface area contributed by atoms with Gasteiger partial charge in [0.05, 0.1) is 49.8 Å². The van der Waals surface area contributed by atoms with Gasteiger partial charge in [0, 0.05) is 44.3 Å². The minimum absolute atomic E-state index is 0.164. The van der Waals surface area contributed by atoms with Crippen molar-refractivity contribution in [2.45, 2.75) is 13.8 Å². The van der Waals surface area contributed by atoms with Crippen LogP contribution >= 0.6 is 0 Å². The van der Waals surface area contributed by atoms with Crippen molar-refractivity contribution in [2.75, 3.05) is 63.8 Å². The molecule has 0 bridgehead atoms. The first-order valence-electron chi connectivity index (χ1n) is 12.1. The molecule has 1 aromatic heterocycles. The van der Waals surface area contributed by atoms with Crippen molar-refractivity contribution < 1.29 is 23.8 Å². The number of nitrogens with one attached hydrogen (secondary N) is 1. The van der Waals surface area contributed by atoms with E-state index in [0.717, 1.165) is 48.8 Å². The van der Waals surface area contributed by atoms with Crippen LogP contribution < -0.4 is 19.7 Å². The molecule has 36 heavy (non-hydrogen) atoms. The van der Waals surface area contributed by atoms with Gasteiger partial charge in [-0.15, -0.1) is 0 Å². The third-order valence-electron chi connectivity index (χ3n) is 6.75. The first-order valence-corrected chi connectivity index (χ1v) is 12.1. The average molecular weight is 495 g/mol. The third-order valence-corrected chi connectivity index (χ3v) is 6.75. The molecule has 9 heteroatoms. The van der Waals surface area contributed by atoms with Crippen LogP contribution in [0.1, 0.15) is 23.0 Å². The number of esters is 1. The van der Waals surface area contributed by atoms with E-state index in [4.69, 9.17) is 14.2 Å². The van der Waals surface area contributed by atoms with Crippen LogP contribution in [0.4, 0.5) is 11.4 Å². The molecule has 2 heterocycles. The molecule has 2 aromatic carbocycles. The number of carbonyl (C=O) groups excluding carboxylic acids is 2. The lowest BCUT2D eigenvalue weighted by Crippen LogP contribution is -2.48. The number of hydrogen-bond acceptors (Lipinski definition) is 7. The SMILES string of the molecule is CCOC(=O)c1c(C)n(C)c2ccc(OC)c(NC(=O)CN3CCN(c4ccccc4OC)CC3)c12. The molecular formula is C27H34N4O5. The maximum absolute atomic E-state index is 13.2. The predicted octanol–water partition coefficient (Wildman–Crippen LogP) is 3.44. The lowest BCUT2D eigenvalue weighted by atomic mass is 10.1. The van der Waals surface area contributed by atoms with Gasteiger partial charge < -0.3 is 29.0 Å². The molecule has 1 N–H and O–H groups in total. The quantitative estimate of drug-likeness (QED) is 0.480. The number of benzene rings is 2. The number of methoxy groups -OCH3 is 2. The van der Waals surface area contributed by atoms with Crippen molar-refractivity contribution in [3.8, 4) is 11.5 Å². The molecule has 192 valence electrons. The number of aryl methyl sites for hydroxylation is 1. The summed E-state index contributed by atoms with van der Waals surface area (Å²) >= 11 is 0. The molecule has 0 saturated carbocycles. The smallest absolute Gasteiger partial charge is 0.340 e. The third kappa shape index (κ3) is 4.83. The maximum Gasteiger partial charge on any atom is 0.340 e. The van der Waals surface area contributed by atoms with E-state index in [-0.39, 0.29) is 19.1 Å². The molecule has 4 rings (SSSR count). The van der Waals surface area contributed by atoms with Crippen molar-refractivity contribution in [1.29, 1.82) is 0 Å². The summed E-state index contributed by atoms with van der Waals surface area (Å²) in [6, 6.07) is 11.7. The molecule has 1 saturated heterocycles. The second-order valence-electron chi connectivity index (χ2n) is 8.76. The summed E-state index contributed by atoms with van der Waals surface area (Å²) in [5, 5.41) is 3.66. The summed E-state index contributed by atoms with van der Waals surface area (Å²) < 4.78 is 18.3. The van der Waals surface area contributed by atoms with Gasteiger partial charge >= 0.3 is 5.97 Å². The van der Waals surface area contributed by atoms with E-state index in [9.17, 15) is 9.59 Å². The van der Waals surface area contributed by atoms with Crippen molar-refractivity contribution in [3.05, 3.63) is 47.7 Å². The monoisotopic (exact) mass is 494 g/mol. The van der Waals surface area contributed by atoms with Crippen LogP contribution in [0.2, 0.25) is 0 Å². The van der Waals surface area contributed by atoms with Gasteiger partial charge in [0.25, 0.3) is 0 Å². The van der Waals surface area contributed by atoms with Crippen molar-refractivity contribution in [1.82, 2.24) is 9.47 Å². The number of piperazine rings is 1. The summed E-state index contributed by atoms with van der Waals surface area (Å²) in [6.07, 6.45) is 0. The fraction of sp³-hybridized carbons (Fsp3) is 0.407. The number of rotatable bonds is 8. The number of aromatic nitrogens is 1. The highest BCUT2D eigenvalue weighted by Crippen LogP contribution is 2.38. The molecule has 0 atom stereocenters. The van der Waals surface area contributed by atoms with Gasteiger partial charge in [-0.1, -0.05) is 12.1 Å². The molecule has 0 spiro atoms. The minimum Gasteiger partial charge on any atom is -0.495 e. The number of para-hydroxylation sites is 2. The molecule has 1 fully saturated rings. The van der Waals surface area contributed by atoms with Gasteiger partial charge in [0.2, 0.25) is 5.91 Å². The number of carbonyl (C=O) groups is 2. The molecular weight excluding hydrogens is 460 g/mol. The highest BCUT2D eigenvalue weighted by Gasteiger charge is 2.26. The Kier molecular flexibility index (Phi) is 7.69. The highest BCUT2D eigenvalue weighted by atomic mass is 16.5. The van der Waals surface area contributed by atoms with Crippen molar-refractivity contribution >= 4 is 34.2 Å². The van der Waals surface area contributed by atoms with Crippen LogP contribution in [0.5, 0.6) is 11.5 Å². The van der Waals surface area contributed by atoms with Crippen molar-refractivity contribution in [3.63, 3.8) is 0 Å². The zero-order valence-corrected chi connectivity index (χ0v) is 21.6. The van der Waals surface area contributed by atoms with Gasteiger partial charge in [0.1, 0.15) is 11.5 Å². The van der Waals surface area contributed by atoms with E-state index in [1.807, 2.05) is 42.8 Å². The van der Waals surface area contributed by atoms with E-state index in [1.165, 1.54) is 0 Å². The second kappa shape index (κ2) is 10.9. The number of amides is 1. The Bertz CT molecular complexity index is 1260. The molecule has 0 unspecified atom stereocenters. The maximum atomic E-state index is 13.2. The summed E-state index contributed by atoms with van der Waals surface area (Å²) in [5.41, 5.74) is 3.57. The normalized spacial score (nSPS) is 14.1. The van der Waals surface area contributed by atoms with E-state index >= 15 is 0 Å². The van der Waals surface area contributed by atoms with E-state index in [1.54, 1.807) is 27.2 Å². The standard InChI is InChI=1S/C27H34N4O5/c1-6-36-27(33)24-18(2)29(3)20-11-12-22(35-5)26(25(20)24)28-23(32)17-30-13-15-31(16-14-30)19-9-7-8-10-21(19)34-4/h7-12H,6,13-17H2,1-5H3,(H,28,32). The Labute approximate surface area is 211 Å². The topological polar surface area (TPSA) is 85.3 Å². The Morgan fingerprint density at radius 2 is 1.67 bits per heavy atom. The van der Waals surface area contributed by atoms with Crippen LogP contribution in [0.25, 0.3) is 10.9 Å². The summed E-state index contributed by atoms with van der Waals surface area (Å²) in [6.45, 7) is 7.20. The van der Waals surface area contributed by atoms with E-state index < -0.39 is 5.97 Å². The molecule has 1 amide bonds. The predicted molar refractivity (Wildman–Crippen MR) is 140 cm³/mol. The zero-order chi connectivity index (χ0) is 25.8. The molecule has 3 aromatic rings. The number of fused-ring (bicyclic) bond motifs is 1. The number of hydrogen-bond donors (Lipinski definition) is 1. The lowest BCUT2D eigenvalue weighted by Gasteiger charge is -2.36. The second-order valence-corrected chi connectivity index (χ2v) is 8.76. The van der Waals surface area contributed by atoms with Crippen LogP contribution in [0.3, 0.4) is 0 Å².